The molecule has 8 nitrogen and oxygen atoms in total. The molecule has 0 radical (unpaired) electrons. The number of para-hydroxylation sites is 1. The van der Waals surface area contributed by atoms with Gasteiger partial charge in [-0.05, 0) is 97.7 Å². The minimum atomic E-state index is -0.909. The van der Waals surface area contributed by atoms with E-state index < -0.39 is 11.9 Å². The summed E-state index contributed by atoms with van der Waals surface area (Å²) in [5.74, 6) is 0.630. The molecule has 1 atom stereocenters. The van der Waals surface area contributed by atoms with Gasteiger partial charge in [0.15, 0.2) is 11.5 Å². The Labute approximate surface area is 247 Å². The summed E-state index contributed by atoms with van der Waals surface area (Å²) in [5.41, 5.74) is 4.71. The highest BCUT2D eigenvalue weighted by molar-refractivity contribution is 5.88. The van der Waals surface area contributed by atoms with Gasteiger partial charge >= 0.3 is 11.9 Å². The number of aromatic carboxylic acids is 1. The SMILES string of the molecule is CC.O=C(O)CCCCN(CCc1ccccc1OCc1ccc2c(c1)OCO2)C1CCCc2cc(C(=O)O)ccc21. The van der Waals surface area contributed by atoms with Crippen LogP contribution >= 0.6 is 0 Å². The Morgan fingerprint density at radius 3 is 2.57 bits per heavy atom. The van der Waals surface area contributed by atoms with Crippen molar-refractivity contribution in [1.29, 1.82) is 0 Å². The number of benzene rings is 3. The summed E-state index contributed by atoms with van der Waals surface area (Å²) in [5, 5.41) is 18.6. The molecule has 2 aliphatic rings. The number of carbonyl (C=O) groups is 2. The highest BCUT2D eigenvalue weighted by atomic mass is 16.7. The summed E-state index contributed by atoms with van der Waals surface area (Å²) in [4.78, 5) is 25.0. The Kier molecular flexibility index (Phi) is 11.2. The number of ether oxygens (including phenoxy) is 3. The second-order valence-corrected chi connectivity index (χ2v) is 10.3. The van der Waals surface area contributed by atoms with E-state index in [1.165, 1.54) is 5.56 Å². The van der Waals surface area contributed by atoms with Gasteiger partial charge in [-0.1, -0.05) is 44.2 Å². The molecule has 5 rings (SSSR count). The van der Waals surface area contributed by atoms with Crippen LogP contribution in [0.3, 0.4) is 0 Å². The summed E-state index contributed by atoms with van der Waals surface area (Å²) in [6, 6.07) is 19.5. The van der Waals surface area contributed by atoms with Gasteiger partial charge in [-0.15, -0.1) is 0 Å². The van der Waals surface area contributed by atoms with Crippen molar-refractivity contribution in [2.45, 2.75) is 71.4 Å². The third-order valence-corrected chi connectivity index (χ3v) is 7.67. The number of carboxylic acid groups (broad SMARTS) is 2. The molecule has 1 unspecified atom stereocenters. The van der Waals surface area contributed by atoms with E-state index in [0.717, 1.165) is 79.1 Å². The van der Waals surface area contributed by atoms with Gasteiger partial charge in [-0.2, -0.15) is 0 Å². The average molecular weight is 576 g/mol. The van der Waals surface area contributed by atoms with Crippen LogP contribution in [0.2, 0.25) is 0 Å². The Bertz CT molecular complexity index is 1360. The van der Waals surface area contributed by atoms with Crippen LogP contribution in [-0.2, 0) is 24.2 Å². The Morgan fingerprint density at radius 2 is 1.76 bits per heavy atom. The number of fused-ring (bicyclic) bond motifs is 2. The molecule has 0 spiro atoms. The molecule has 0 saturated heterocycles. The predicted octanol–water partition coefficient (Wildman–Crippen LogP) is 6.90. The van der Waals surface area contributed by atoms with Crippen molar-refractivity contribution in [2.75, 3.05) is 19.9 Å². The molecule has 42 heavy (non-hydrogen) atoms. The number of nitrogens with zero attached hydrogens (tertiary/aromatic N) is 1. The van der Waals surface area contributed by atoms with Gasteiger partial charge in [-0.3, -0.25) is 9.69 Å². The second kappa shape index (κ2) is 15.3. The topological polar surface area (TPSA) is 106 Å². The first-order chi connectivity index (χ1) is 20.5. The van der Waals surface area contributed by atoms with Crippen molar-refractivity contribution in [1.82, 2.24) is 4.90 Å². The molecule has 3 aromatic rings. The number of hydrogen-bond donors (Lipinski definition) is 2. The average Bonchev–Trinajstić information content (AvgIpc) is 3.48. The van der Waals surface area contributed by atoms with Crippen LogP contribution < -0.4 is 14.2 Å². The smallest absolute Gasteiger partial charge is 0.335 e. The molecule has 2 N–H and O–H groups in total. The van der Waals surface area contributed by atoms with Crippen LogP contribution in [0.1, 0.15) is 84.6 Å². The summed E-state index contributed by atoms with van der Waals surface area (Å²) < 4.78 is 17.1. The fraction of sp³-hybridized carbons (Fsp3) is 0.412. The zero-order valence-corrected chi connectivity index (χ0v) is 24.5. The fourth-order valence-electron chi connectivity index (χ4n) is 5.62. The highest BCUT2D eigenvalue weighted by Gasteiger charge is 2.27. The van der Waals surface area contributed by atoms with E-state index in [9.17, 15) is 14.7 Å². The number of unbranched alkanes of at least 4 members (excludes halogenated alkanes) is 1. The number of hydrogen-bond acceptors (Lipinski definition) is 6. The highest BCUT2D eigenvalue weighted by Crippen LogP contribution is 2.36. The predicted molar refractivity (Wildman–Crippen MR) is 161 cm³/mol. The van der Waals surface area contributed by atoms with E-state index in [1.54, 1.807) is 6.07 Å². The normalized spacial score (nSPS) is 15.0. The molecule has 0 saturated carbocycles. The lowest BCUT2D eigenvalue weighted by molar-refractivity contribution is -0.137. The van der Waals surface area contributed by atoms with Crippen molar-refractivity contribution in [2.24, 2.45) is 0 Å². The van der Waals surface area contributed by atoms with Gasteiger partial charge in [-0.25, -0.2) is 4.79 Å². The van der Waals surface area contributed by atoms with Crippen molar-refractivity contribution in [3.8, 4) is 17.2 Å². The standard InChI is InChI=1S/C32H35NO7.C2H6/c34-31(35)10-3-4-16-33(27-8-5-7-24-19-25(32(36)37)12-13-26(24)27)17-15-23-6-1-2-9-28(23)38-20-22-11-14-29-30(18-22)40-21-39-29;1-2/h1-2,6,9,11-14,18-19,27H,3-5,7-8,10,15-17,20-21H2,(H,34,35)(H,36,37);1-2H3. The Hall–Kier alpha value is -4.04. The summed E-state index contributed by atoms with van der Waals surface area (Å²) in [7, 11) is 0. The molecule has 0 aromatic heterocycles. The van der Waals surface area contributed by atoms with E-state index in [0.29, 0.717) is 18.6 Å². The van der Waals surface area contributed by atoms with E-state index >= 15 is 0 Å². The van der Waals surface area contributed by atoms with Gasteiger partial charge < -0.3 is 24.4 Å². The molecule has 3 aromatic carbocycles. The number of aryl methyl sites for hydroxylation is 1. The van der Waals surface area contributed by atoms with Gasteiger partial charge in [0.05, 0.1) is 5.56 Å². The zero-order valence-electron chi connectivity index (χ0n) is 24.5. The van der Waals surface area contributed by atoms with Gasteiger partial charge in [0.2, 0.25) is 6.79 Å². The molecule has 0 bridgehead atoms. The van der Waals surface area contributed by atoms with E-state index in [4.69, 9.17) is 19.3 Å². The summed E-state index contributed by atoms with van der Waals surface area (Å²) in [6.07, 6.45) is 5.19. The first kappa shape index (κ1) is 30.9. The lowest BCUT2D eigenvalue weighted by Crippen LogP contribution is -2.34. The monoisotopic (exact) mass is 575 g/mol. The minimum absolute atomic E-state index is 0.160. The maximum Gasteiger partial charge on any atom is 0.335 e. The molecule has 1 aliphatic carbocycles. The van der Waals surface area contributed by atoms with Crippen LogP contribution in [-0.4, -0.2) is 46.9 Å². The first-order valence-electron chi connectivity index (χ1n) is 14.9. The van der Waals surface area contributed by atoms with Crippen LogP contribution in [0, 0.1) is 0 Å². The van der Waals surface area contributed by atoms with E-state index in [2.05, 4.69) is 11.0 Å². The van der Waals surface area contributed by atoms with Crippen LogP contribution in [0.25, 0.3) is 0 Å². The van der Waals surface area contributed by atoms with Gasteiger partial charge in [0.1, 0.15) is 12.4 Å². The first-order valence-corrected chi connectivity index (χ1v) is 14.9. The van der Waals surface area contributed by atoms with Crippen LogP contribution in [0.5, 0.6) is 17.2 Å². The van der Waals surface area contributed by atoms with Gasteiger partial charge in [0.25, 0.3) is 0 Å². The molecule has 224 valence electrons. The third-order valence-electron chi connectivity index (χ3n) is 7.67. The van der Waals surface area contributed by atoms with E-state index in [1.807, 2.05) is 62.4 Å². The number of rotatable bonds is 13. The largest absolute Gasteiger partial charge is 0.489 e. The minimum Gasteiger partial charge on any atom is -0.489 e. The maximum absolute atomic E-state index is 11.5. The summed E-state index contributed by atoms with van der Waals surface area (Å²) in [6.45, 7) is 6.20. The molecule has 8 heteroatoms. The van der Waals surface area contributed by atoms with Crippen molar-refractivity contribution >= 4 is 11.9 Å². The van der Waals surface area contributed by atoms with Crippen molar-refractivity contribution < 1.29 is 34.0 Å². The molecule has 1 aliphatic heterocycles. The van der Waals surface area contributed by atoms with Crippen LogP contribution in [0.15, 0.2) is 60.7 Å². The lowest BCUT2D eigenvalue weighted by atomic mass is 9.85. The third kappa shape index (κ3) is 8.03. The molecular formula is C34H41NO7. The Morgan fingerprint density at radius 1 is 0.952 bits per heavy atom. The maximum atomic E-state index is 11.5. The Balaban J connectivity index is 0.00000198. The lowest BCUT2D eigenvalue weighted by Gasteiger charge is -2.36. The molecule has 0 amide bonds. The fourth-order valence-corrected chi connectivity index (χ4v) is 5.62. The molecular weight excluding hydrogens is 534 g/mol. The number of carboxylic acids is 2. The van der Waals surface area contributed by atoms with Crippen LogP contribution in [0.4, 0.5) is 0 Å². The molecule has 1 heterocycles. The van der Waals surface area contributed by atoms with Crippen molar-refractivity contribution in [3.05, 3.63) is 88.5 Å². The zero-order chi connectivity index (χ0) is 29.9. The molecule has 0 fully saturated rings. The van der Waals surface area contributed by atoms with Gasteiger partial charge in [0, 0.05) is 19.0 Å². The summed E-state index contributed by atoms with van der Waals surface area (Å²) >= 11 is 0. The van der Waals surface area contributed by atoms with Crippen molar-refractivity contribution in [3.63, 3.8) is 0 Å². The van der Waals surface area contributed by atoms with E-state index in [-0.39, 0.29) is 19.3 Å². The second-order valence-electron chi connectivity index (χ2n) is 10.3. The number of aliphatic carboxylic acids is 1. The quantitative estimate of drug-likeness (QED) is 0.212.